The normalized spacial score (nSPS) is 22.2. The minimum atomic E-state index is -0.317. The summed E-state index contributed by atoms with van der Waals surface area (Å²) in [7, 11) is 0. The third-order valence-electron chi connectivity index (χ3n) is 2.28. The third kappa shape index (κ3) is 2.72. The first-order valence-electron chi connectivity index (χ1n) is 4.88. The van der Waals surface area contributed by atoms with Gasteiger partial charge in [-0.3, -0.25) is 4.90 Å². The van der Waals surface area contributed by atoms with Crippen molar-refractivity contribution >= 4 is 0 Å². The highest BCUT2D eigenvalue weighted by Crippen LogP contribution is 2.06. The van der Waals surface area contributed by atoms with Gasteiger partial charge in [0.2, 0.25) is 0 Å². The molecule has 2 heterocycles. The largest absolute Gasteiger partial charge is 0.361 e. The van der Waals surface area contributed by atoms with Gasteiger partial charge >= 0.3 is 0 Å². The van der Waals surface area contributed by atoms with Gasteiger partial charge in [0.25, 0.3) is 0 Å². The minimum absolute atomic E-state index is 0.317. The van der Waals surface area contributed by atoms with E-state index >= 15 is 0 Å². The molecule has 1 saturated heterocycles. The Morgan fingerprint density at radius 1 is 1.53 bits per heavy atom. The Kier molecular flexibility index (Phi) is 3.22. The molecule has 1 atom stereocenters. The quantitative estimate of drug-likeness (QED) is 0.688. The van der Waals surface area contributed by atoms with Gasteiger partial charge in [-0.2, -0.15) is 5.26 Å². The van der Waals surface area contributed by atoms with E-state index in [9.17, 15) is 0 Å². The number of morpholine rings is 1. The molecule has 5 heteroatoms. The smallest absolute Gasteiger partial charge is 0.156 e. The Labute approximate surface area is 88.3 Å². The molecule has 0 bridgehead atoms. The molecule has 0 amide bonds. The fraction of sp³-hybridized carbons (Fsp3) is 0.500. The Morgan fingerprint density at radius 2 is 2.33 bits per heavy atom. The molecular formula is C10H12N4O. The Morgan fingerprint density at radius 3 is 3.07 bits per heavy atom. The lowest BCUT2D eigenvalue weighted by molar-refractivity contribution is -0.00359. The van der Waals surface area contributed by atoms with Gasteiger partial charge in [-0.05, 0) is 6.07 Å². The molecule has 78 valence electrons. The number of nitriles is 1. The number of nitrogens with zero attached hydrogens (tertiary/aromatic N) is 4. The zero-order chi connectivity index (χ0) is 10.5. The average molecular weight is 204 g/mol. The molecule has 1 unspecified atom stereocenters. The standard InChI is InChI=1S/C10H12N4O/c11-6-9-7-14(4-5-15-9)8-10-12-2-1-3-13-10/h1-3,9H,4-5,7-8H2. The lowest BCUT2D eigenvalue weighted by Gasteiger charge is -2.28. The summed E-state index contributed by atoms with van der Waals surface area (Å²) >= 11 is 0. The van der Waals surface area contributed by atoms with Crippen LogP contribution in [0.25, 0.3) is 0 Å². The van der Waals surface area contributed by atoms with E-state index in [1.165, 1.54) is 0 Å². The van der Waals surface area contributed by atoms with Crippen molar-refractivity contribution in [2.45, 2.75) is 12.6 Å². The monoisotopic (exact) mass is 204 g/mol. The van der Waals surface area contributed by atoms with Gasteiger partial charge in [0.1, 0.15) is 5.82 Å². The van der Waals surface area contributed by atoms with Crippen LogP contribution in [0, 0.1) is 11.3 Å². The third-order valence-corrected chi connectivity index (χ3v) is 2.28. The van der Waals surface area contributed by atoms with Crippen LogP contribution in [0.2, 0.25) is 0 Å². The highest BCUT2D eigenvalue weighted by atomic mass is 16.5. The molecule has 1 aliphatic rings. The van der Waals surface area contributed by atoms with Crippen LogP contribution in [0.15, 0.2) is 18.5 Å². The molecule has 15 heavy (non-hydrogen) atoms. The first-order chi connectivity index (χ1) is 7.38. The molecule has 0 saturated carbocycles. The van der Waals surface area contributed by atoms with Gasteiger partial charge in [0, 0.05) is 25.5 Å². The van der Waals surface area contributed by atoms with Crippen LogP contribution >= 0.6 is 0 Å². The number of ether oxygens (including phenoxy) is 1. The molecule has 1 aromatic rings. The van der Waals surface area contributed by atoms with Gasteiger partial charge in [-0.1, -0.05) is 0 Å². The number of aromatic nitrogens is 2. The zero-order valence-corrected chi connectivity index (χ0v) is 8.33. The van der Waals surface area contributed by atoms with E-state index in [0.29, 0.717) is 19.7 Å². The molecule has 2 rings (SSSR count). The van der Waals surface area contributed by atoms with E-state index < -0.39 is 0 Å². The highest BCUT2D eigenvalue weighted by Gasteiger charge is 2.20. The summed E-state index contributed by atoms with van der Waals surface area (Å²) in [5, 5.41) is 8.74. The van der Waals surface area contributed by atoms with Crippen LogP contribution in [0.4, 0.5) is 0 Å². The minimum Gasteiger partial charge on any atom is -0.361 e. The van der Waals surface area contributed by atoms with Crippen molar-refractivity contribution in [2.75, 3.05) is 19.7 Å². The summed E-state index contributed by atoms with van der Waals surface area (Å²) in [6.45, 7) is 2.75. The Balaban J connectivity index is 1.93. The fourth-order valence-corrected chi connectivity index (χ4v) is 1.54. The van der Waals surface area contributed by atoms with Crippen LogP contribution in [-0.2, 0) is 11.3 Å². The maximum atomic E-state index is 8.74. The van der Waals surface area contributed by atoms with Crippen LogP contribution in [0.5, 0.6) is 0 Å². The van der Waals surface area contributed by atoms with Gasteiger partial charge < -0.3 is 4.74 Å². The van der Waals surface area contributed by atoms with E-state index in [4.69, 9.17) is 10.00 Å². The van der Waals surface area contributed by atoms with Crippen molar-refractivity contribution < 1.29 is 4.74 Å². The molecule has 0 aromatic carbocycles. The summed E-state index contributed by atoms with van der Waals surface area (Å²) in [6.07, 6.45) is 3.14. The Bertz CT molecular complexity index is 348. The summed E-state index contributed by atoms with van der Waals surface area (Å²) in [4.78, 5) is 10.4. The molecule has 0 aliphatic carbocycles. The van der Waals surface area contributed by atoms with E-state index in [2.05, 4.69) is 20.9 Å². The van der Waals surface area contributed by atoms with Gasteiger partial charge in [0.15, 0.2) is 6.10 Å². The van der Waals surface area contributed by atoms with Crippen LogP contribution in [-0.4, -0.2) is 40.7 Å². The summed E-state index contributed by atoms with van der Waals surface area (Å²) in [6, 6.07) is 3.91. The lowest BCUT2D eigenvalue weighted by atomic mass is 10.3. The van der Waals surface area contributed by atoms with Crippen molar-refractivity contribution in [3.63, 3.8) is 0 Å². The van der Waals surface area contributed by atoms with E-state index in [1.54, 1.807) is 18.5 Å². The van der Waals surface area contributed by atoms with Crippen LogP contribution in [0.3, 0.4) is 0 Å². The van der Waals surface area contributed by atoms with E-state index in [1.807, 2.05) is 0 Å². The number of hydrogen-bond donors (Lipinski definition) is 0. The number of rotatable bonds is 2. The van der Waals surface area contributed by atoms with Gasteiger partial charge in [0.05, 0.1) is 19.2 Å². The van der Waals surface area contributed by atoms with Crippen LogP contribution in [0.1, 0.15) is 5.82 Å². The highest BCUT2D eigenvalue weighted by molar-refractivity contribution is 4.93. The molecule has 1 aromatic heterocycles. The first-order valence-corrected chi connectivity index (χ1v) is 4.88. The molecule has 5 nitrogen and oxygen atoms in total. The SMILES string of the molecule is N#CC1CN(Cc2ncccn2)CCO1. The molecule has 0 N–H and O–H groups in total. The summed E-state index contributed by atoms with van der Waals surface area (Å²) in [5.74, 6) is 0.788. The maximum Gasteiger partial charge on any atom is 0.156 e. The van der Waals surface area contributed by atoms with Gasteiger partial charge in [-0.25, -0.2) is 9.97 Å². The van der Waals surface area contributed by atoms with Crippen molar-refractivity contribution in [1.29, 1.82) is 5.26 Å². The predicted molar refractivity (Wildman–Crippen MR) is 52.7 cm³/mol. The second kappa shape index (κ2) is 4.82. The zero-order valence-electron chi connectivity index (χ0n) is 8.33. The van der Waals surface area contributed by atoms with Gasteiger partial charge in [-0.15, -0.1) is 0 Å². The summed E-state index contributed by atoms with van der Waals surface area (Å²) in [5.41, 5.74) is 0. The second-order valence-corrected chi connectivity index (χ2v) is 3.39. The molecule has 1 aliphatic heterocycles. The topological polar surface area (TPSA) is 62.0 Å². The predicted octanol–water partition coefficient (Wildman–Crippen LogP) is 0.201. The van der Waals surface area contributed by atoms with Crippen molar-refractivity contribution in [1.82, 2.24) is 14.9 Å². The Hall–Kier alpha value is -1.51. The summed E-state index contributed by atoms with van der Waals surface area (Å²) < 4.78 is 5.25. The second-order valence-electron chi connectivity index (χ2n) is 3.39. The van der Waals surface area contributed by atoms with E-state index in [0.717, 1.165) is 12.4 Å². The van der Waals surface area contributed by atoms with Crippen LogP contribution < -0.4 is 0 Å². The van der Waals surface area contributed by atoms with E-state index in [-0.39, 0.29) is 6.10 Å². The molecular weight excluding hydrogens is 192 g/mol. The first kappa shape index (κ1) is 10.0. The molecule has 1 fully saturated rings. The fourth-order valence-electron chi connectivity index (χ4n) is 1.54. The van der Waals surface area contributed by atoms with Crippen molar-refractivity contribution in [3.8, 4) is 6.07 Å². The lowest BCUT2D eigenvalue weighted by Crippen LogP contribution is -2.41. The average Bonchev–Trinajstić information content (AvgIpc) is 2.31. The van der Waals surface area contributed by atoms with Crippen molar-refractivity contribution in [3.05, 3.63) is 24.3 Å². The molecule has 0 spiro atoms. The maximum absolute atomic E-state index is 8.74. The number of hydrogen-bond acceptors (Lipinski definition) is 5. The molecule has 0 radical (unpaired) electrons. The van der Waals surface area contributed by atoms with Crippen molar-refractivity contribution in [2.24, 2.45) is 0 Å².